The van der Waals surface area contributed by atoms with Crippen LogP contribution in [0.3, 0.4) is 0 Å². The second kappa shape index (κ2) is 8.86. The van der Waals surface area contributed by atoms with Crippen molar-refractivity contribution in [3.05, 3.63) is 58.7 Å². The van der Waals surface area contributed by atoms with Gasteiger partial charge in [0.25, 0.3) is 0 Å². The van der Waals surface area contributed by atoms with Crippen LogP contribution < -0.4 is 9.47 Å². The van der Waals surface area contributed by atoms with Crippen LogP contribution in [0.4, 0.5) is 0 Å². The third-order valence-corrected chi connectivity index (χ3v) is 5.27. The van der Waals surface area contributed by atoms with Crippen LogP contribution in [0.5, 0.6) is 23.0 Å². The first kappa shape index (κ1) is 20.5. The number of benzene rings is 2. The second-order valence-corrected chi connectivity index (χ2v) is 7.21. The van der Waals surface area contributed by atoms with Crippen LogP contribution in [0, 0.1) is 5.92 Å². The summed E-state index contributed by atoms with van der Waals surface area (Å²) >= 11 is 0. The highest BCUT2D eigenvalue weighted by atomic mass is 16.5. The number of phenolic OH excluding ortho intramolecular Hbond substituents is 2. The number of hydrogen-bond acceptors (Lipinski definition) is 5. The number of hydrogen-bond donors (Lipinski definition) is 2. The Hall–Kier alpha value is -3.21. The van der Waals surface area contributed by atoms with E-state index in [1.807, 2.05) is 12.2 Å². The number of methoxy groups -OCH3 is 2. The maximum Gasteiger partial charge on any atom is 0.185 e. The molecule has 0 unspecified atom stereocenters. The lowest BCUT2D eigenvalue weighted by atomic mass is 9.78. The molecule has 2 aromatic rings. The highest BCUT2D eigenvalue weighted by Crippen LogP contribution is 2.36. The van der Waals surface area contributed by atoms with Crippen molar-refractivity contribution in [2.75, 3.05) is 14.2 Å². The molecular formula is C24H26O5. The van der Waals surface area contributed by atoms with Crippen LogP contribution in [0.1, 0.15) is 37.3 Å². The standard InChI is InChI=1S/C24H26O5/c1-4-15-9-18(11-16-5-7-20(25)22(13-16)28-2)24(27)19(10-15)12-17-6-8-21(26)23(14-17)29-3/h5-8,11-15,25-26H,4,9-10H2,1-3H3. The van der Waals surface area contributed by atoms with Crippen LogP contribution in [0.25, 0.3) is 12.2 Å². The van der Waals surface area contributed by atoms with E-state index in [9.17, 15) is 15.0 Å². The molecule has 0 spiro atoms. The Kier molecular flexibility index (Phi) is 6.27. The fraction of sp³-hybridized carbons (Fsp3) is 0.292. The normalized spacial score (nSPS) is 19.6. The zero-order chi connectivity index (χ0) is 21.0. The Bertz CT molecular complexity index is 896. The molecule has 0 aromatic heterocycles. The lowest BCUT2D eigenvalue weighted by Gasteiger charge is -2.25. The van der Waals surface area contributed by atoms with Crippen LogP contribution in [-0.4, -0.2) is 30.2 Å². The molecule has 0 amide bonds. The van der Waals surface area contributed by atoms with Crippen molar-refractivity contribution < 1.29 is 24.5 Å². The van der Waals surface area contributed by atoms with Crippen LogP contribution in [-0.2, 0) is 4.79 Å². The summed E-state index contributed by atoms with van der Waals surface area (Å²) < 4.78 is 10.3. The van der Waals surface area contributed by atoms with Gasteiger partial charge in [-0.1, -0.05) is 25.5 Å². The van der Waals surface area contributed by atoms with E-state index in [1.54, 1.807) is 36.4 Å². The predicted molar refractivity (Wildman–Crippen MR) is 113 cm³/mol. The Morgan fingerprint density at radius 2 is 1.34 bits per heavy atom. The van der Waals surface area contributed by atoms with Crippen LogP contribution >= 0.6 is 0 Å². The Labute approximate surface area is 170 Å². The van der Waals surface area contributed by atoms with Gasteiger partial charge in [0.2, 0.25) is 0 Å². The van der Waals surface area contributed by atoms with E-state index >= 15 is 0 Å². The first-order chi connectivity index (χ1) is 13.9. The van der Waals surface area contributed by atoms with E-state index in [0.29, 0.717) is 17.4 Å². The van der Waals surface area contributed by atoms with Gasteiger partial charge >= 0.3 is 0 Å². The highest BCUT2D eigenvalue weighted by Gasteiger charge is 2.27. The molecule has 0 heterocycles. The number of ketones is 1. The molecule has 3 rings (SSSR count). The molecule has 1 fully saturated rings. The van der Waals surface area contributed by atoms with Crippen molar-refractivity contribution >= 4 is 17.9 Å². The van der Waals surface area contributed by atoms with E-state index in [0.717, 1.165) is 41.5 Å². The molecule has 1 saturated carbocycles. The number of carbonyl (C=O) groups excluding carboxylic acids is 1. The Morgan fingerprint density at radius 1 is 0.897 bits per heavy atom. The molecule has 2 aromatic carbocycles. The maximum absolute atomic E-state index is 13.1. The first-order valence-corrected chi connectivity index (χ1v) is 9.65. The molecule has 1 aliphatic carbocycles. The predicted octanol–water partition coefficient (Wildman–Crippen LogP) is 4.97. The molecule has 2 N–H and O–H groups in total. The van der Waals surface area contributed by atoms with Gasteiger partial charge in [0.1, 0.15) is 0 Å². The molecule has 0 aliphatic heterocycles. The molecule has 5 heteroatoms. The summed E-state index contributed by atoms with van der Waals surface area (Å²) in [5.41, 5.74) is 3.11. The van der Waals surface area contributed by atoms with Gasteiger partial charge in [-0.15, -0.1) is 0 Å². The Balaban J connectivity index is 1.97. The van der Waals surface area contributed by atoms with Crippen molar-refractivity contribution in [2.24, 2.45) is 5.92 Å². The number of Topliss-reactive ketones (excluding diaryl/α,β-unsaturated/α-hetero) is 1. The third kappa shape index (κ3) is 4.62. The molecule has 0 saturated heterocycles. The van der Waals surface area contributed by atoms with Crippen molar-refractivity contribution in [3.8, 4) is 23.0 Å². The van der Waals surface area contributed by atoms with Crippen molar-refractivity contribution in [2.45, 2.75) is 26.2 Å². The number of allylic oxidation sites excluding steroid dienone is 2. The molecule has 29 heavy (non-hydrogen) atoms. The molecule has 152 valence electrons. The monoisotopic (exact) mass is 394 g/mol. The smallest absolute Gasteiger partial charge is 0.185 e. The quantitative estimate of drug-likeness (QED) is 0.700. The zero-order valence-corrected chi connectivity index (χ0v) is 16.9. The number of ether oxygens (including phenoxy) is 2. The summed E-state index contributed by atoms with van der Waals surface area (Å²) in [6, 6.07) is 10.1. The van der Waals surface area contributed by atoms with Crippen LogP contribution in [0.2, 0.25) is 0 Å². The van der Waals surface area contributed by atoms with Crippen molar-refractivity contribution in [1.82, 2.24) is 0 Å². The largest absolute Gasteiger partial charge is 0.504 e. The average Bonchev–Trinajstić information content (AvgIpc) is 2.73. The lowest BCUT2D eigenvalue weighted by Crippen LogP contribution is -2.19. The maximum atomic E-state index is 13.1. The highest BCUT2D eigenvalue weighted by molar-refractivity contribution is 6.14. The summed E-state index contributed by atoms with van der Waals surface area (Å²) in [5, 5.41) is 19.6. The van der Waals surface area contributed by atoms with Crippen LogP contribution in [0.15, 0.2) is 47.5 Å². The molecule has 0 radical (unpaired) electrons. The number of rotatable bonds is 5. The zero-order valence-electron chi connectivity index (χ0n) is 16.9. The summed E-state index contributed by atoms with van der Waals surface area (Å²) in [5.74, 6) is 1.29. The average molecular weight is 394 g/mol. The van der Waals surface area contributed by atoms with Gasteiger partial charge in [-0.3, -0.25) is 4.79 Å². The number of aromatic hydroxyl groups is 2. The second-order valence-electron chi connectivity index (χ2n) is 7.21. The van der Waals surface area contributed by atoms with Crippen molar-refractivity contribution in [3.63, 3.8) is 0 Å². The molecule has 5 nitrogen and oxygen atoms in total. The molecule has 0 bridgehead atoms. The minimum atomic E-state index is 0.0220. The van der Waals surface area contributed by atoms with E-state index in [-0.39, 0.29) is 17.3 Å². The van der Waals surface area contributed by atoms with Gasteiger partial charge in [-0.05, 0) is 66.3 Å². The van der Waals surface area contributed by atoms with Crippen molar-refractivity contribution in [1.29, 1.82) is 0 Å². The van der Waals surface area contributed by atoms with E-state index < -0.39 is 0 Å². The fourth-order valence-electron chi connectivity index (χ4n) is 3.59. The molecular weight excluding hydrogens is 368 g/mol. The topological polar surface area (TPSA) is 76.0 Å². The molecule has 1 aliphatic rings. The fourth-order valence-corrected chi connectivity index (χ4v) is 3.59. The minimum Gasteiger partial charge on any atom is -0.504 e. The minimum absolute atomic E-state index is 0.0220. The molecule has 0 atom stereocenters. The van der Waals surface area contributed by atoms with E-state index in [2.05, 4.69) is 6.92 Å². The summed E-state index contributed by atoms with van der Waals surface area (Å²) in [4.78, 5) is 13.1. The van der Waals surface area contributed by atoms with Gasteiger partial charge in [-0.25, -0.2) is 0 Å². The van der Waals surface area contributed by atoms with Gasteiger partial charge in [0, 0.05) is 11.1 Å². The Morgan fingerprint density at radius 3 is 1.72 bits per heavy atom. The first-order valence-electron chi connectivity index (χ1n) is 9.65. The summed E-state index contributed by atoms with van der Waals surface area (Å²) in [6.07, 6.45) is 6.15. The van der Waals surface area contributed by atoms with Gasteiger partial charge < -0.3 is 19.7 Å². The summed E-state index contributed by atoms with van der Waals surface area (Å²) in [7, 11) is 3.00. The van der Waals surface area contributed by atoms with Gasteiger partial charge in [-0.2, -0.15) is 0 Å². The van der Waals surface area contributed by atoms with Gasteiger partial charge in [0.15, 0.2) is 28.8 Å². The number of carbonyl (C=O) groups is 1. The van der Waals surface area contributed by atoms with E-state index in [1.165, 1.54) is 14.2 Å². The third-order valence-electron chi connectivity index (χ3n) is 5.27. The van der Waals surface area contributed by atoms with Gasteiger partial charge in [0.05, 0.1) is 14.2 Å². The SMILES string of the molecule is CCC1CC(=Cc2ccc(O)c(OC)c2)C(=O)C(=Cc2ccc(O)c(OC)c2)C1. The summed E-state index contributed by atoms with van der Waals surface area (Å²) in [6.45, 7) is 2.13. The van der Waals surface area contributed by atoms with E-state index in [4.69, 9.17) is 9.47 Å². The lowest BCUT2D eigenvalue weighted by molar-refractivity contribution is -0.113. The number of phenols is 2.